The molecule has 25 heavy (non-hydrogen) atoms. The fourth-order valence-electron chi connectivity index (χ4n) is 3.47. The molecule has 0 bridgehead atoms. The molecule has 0 N–H and O–H groups in total. The fourth-order valence-corrected chi connectivity index (χ4v) is 3.47. The Hall–Kier alpha value is -2.02. The van der Waals surface area contributed by atoms with Crippen LogP contribution in [-0.4, -0.2) is 44.7 Å². The van der Waals surface area contributed by atoms with Crippen molar-refractivity contribution in [2.75, 3.05) is 19.7 Å². The number of aromatic nitrogens is 4. The monoisotopic (exact) mass is 343 g/mol. The molecule has 0 unspecified atom stereocenters. The van der Waals surface area contributed by atoms with E-state index in [0.717, 1.165) is 50.7 Å². The predicted molar refractivity (Wildman–Crippen MR) is 91.2 cm³/mol. The maximum Gasteiger partial charge on any atom is 0.240 e. The number of piperidine rings is 1. The lowest BCUT2D eigenvalue weighted by atomic mass is 9.83. The maximum atomic E-state index is 5.95. The number of hydrogen-bond acceptors (Lipinski definition) is 7. The number of ether oxygens (including phenoxy) is 1. The molecule has 3 heterocycles. The Bertz CT molecular complexity index is 692. The Morgan fingerprint density at radius 3 is 2.72 bits per heavy atom. The largest absolute Gasteiger partial charge is 0.477 e. The summed E-state index contributed by atoms with van der Waals surface area (Å²) in [7, 11) is 0. The smallest absolute Gasteiger partial charge is 0.240 e. The zero-order valence-corrected chi connectivity index (χ0v) is 14.7. The van der Waals surface area contributed by atoms with Crippen molar-refractivity contribution in [3.8, 4) is 5.88 Å². The van der Waals surface area contributed by atoms with Gasteiger partial charge in [-0.3, -0.25) is 4.90 Å². The van der Waals surface area contributed by atoms with Gasteiger partial charge >= 0.3 is 0 Å². The fraction of sp³-hybridized carbons (Fsp3) is 0.667. The summed E-state index contributed by atoms with van der Waals surface area (Å²) in [6.45, 7) is 5.39. The van der Waals surface area contributed by atoms with Crippen LogP contribution < -0.4 is 4.74 Å². The summed E-state index contributed by atoms with van der Waals surface area (Å²) in [4.78, 5) is 15.3. The molecule has 0 atom stereocenters. The summed E-state index contributed by atoms with van der Waals surface area (Å²) in [5, 5.41) is 3.84. The Labute approximate surface area is 147 Å². The minimum atomic E-state index is 0.572. The third kappa shape index (κ3) is 4.15. The Morgan fingerprint density at radius 2 is 2.04 bits per heavy atom. The average Bonchev–Trinajstić information content (AvgIpc) is 2.98. The molecule has 1 saturated heterocycles. The Morgan fingerprint density at radius 1 is 1.20 bits per heavy atom. The van der Waals surface area contributed by atoms with Crippen molar-refractivity contribution in [2.24, 2.45) is 5.92 Å². The van der Waals surface area contributed by atoms with Gasteiger partial charge in [-0.1, -0.05) is 11.6 Å². The van der Waals surface area contributed by atoms with E-state index < -0.39 is 0 Å². The number of rotatable bonds is 6. The molecule has 0 radical (unpaired) electrons. The molecule has 7 heteroatoms. The molecule has 7 nitrogen and oxygen atoms in total. The lowest BCUT2D eigenvalue weighted by Crippen LogP contribution is -2.35. The van der Waals surface area contributed by atoms with Gasteiger partial charge in [0.05, 0.1) is 18.8 Å². The first-order valence-corrected chi connectivity index (χ1v) is 9.22. The van der Waals surface area contributed by atoms with Crippen molar-refractivity contribution >= 4 is 0 Å². The van der Waals surface area contributed by atoms with Crippen molar-refractivity contribution in [3.05, 3.63) is 29.8 Å². The molecule has 2 aromatic rings. The van der Waals surface area contributed by atoms with Crippen LogP contribution >= 0.6 is 0 Å². The molecular formula is C18H25N5O2. The van der Waals surface area contributed by atoms with E-state index in [2.05, 4.69) is 25.0 Å². The molecule has 1 aliphatic carbocycles. The summed E-state index contributed by atoms with van der Waals surface area (Å²) in [5.41, 5.74) is 1.14. The minimum Gasteiger partial charge on any atom is -0.477 e. The van der Waals surface area contributed by atoms with E-state index >= 15 is 0 Å². The molecule has 1 aliphatic heterocycles. The topological polar surface area (TPSA) is 77.2 Å². The normalized spacial score (nSPS) is 19.7. The van der Waals surface area contributed by atoms with Crippen molar-refractivity contribution in [1.82, 2.24) is 25.0 Å². The maximum absolute atomic E-state index is 5.95. The van der Waals surface area contributed by atoms with Gasteiger partial charge in [0.1, 0.15) is 6.33 Å². The summed E-state index contributed by atoms with van der Waals surface area (Å²) < 4.78 is 11.2. The third-order valence-corrected chi connectivity index (χ3v) is 5.29. The number of hydrogen-bond donors (Lipinski definition) is 0. The van der Waals surface area contributed by atoms with Crippen LogP contribution in [-0.2, 0) is 6.54 Å². The molecule has 4 rings (SSSR count). The molecule has 1 saturated carbocycles. The zero-order chi connectivity index (χ0) is 17.1. The summed E-state index contributed by atoms with van der Waals surface area (Å²) >= 11 is 0. The molecule has 0 aromatic carbocycles. The Balaban J connectivity index is 1.22. The van der Waals surface area contributed by atoms with E-state index in [-0.39, 0.29) is 0 Å². The highest BCUT2D eigenvalue weighted by Crippen LogP contribution is 2.35. The first-order chi connectivity index (χ1) is 12.3. The van der Waals surface area contributed by atoms with Gasteiger partial charge < -0.3 is 9.26 Å². The lowest BCUT2D eigenvalue weighted by molar-refractivity contribution is 0.125. The van der Waals surface area contributed by atoms with Gasteiger partial charge in [0.15, 0.2) is 5.82 Å². The Kier molecular flexibility index (Phi) is 4.92. The van der Waals surface area contributed by atoms with Crippen LogP contribution in [0, 0.1) is 12.8 Å². The van der Waals surface area contributed by atoms with E-state index in [9.17, 15) is 0 Å². The van der Waals surface area contributed by atoms with Gasteiger partial charge in [0, 0.05) is 12.0 Å². The molecule has 2 aliphatic rings. The van der Waals surface area contributed by atoms with Crippen molar-refractivity contribution < 1.29 is 9.26 Å². The average molecular weight is 343 g/mol. The van der Waals surface area contributed by atoms with E-state index in [0.29, 0.717) is 23.6 Å². The summed E-state index contributed by atoms with van der Waals surface area (Å²) in [6, 6.07) is 2.02. The van der Waals surface area contributed by atoms with Gasteiger partial charge in [-0.05, 0) is 51.6 Å². The van der Waals surface area contributed by atoms with Crippen molar-refractivity contribution in [3.63, 3.8) is 0 Å². The minimum absolute atomic E-state index is 0.572. The van der Waals surface area contributed by atoms with Gasteiger partial charge in [-0.25, -0.2) is 9.97 Å². The van der Waals surface area contributed by atoms with Gasteiger partial charge in [-0.15, -0.1) is 0 Å². The molecule has 0 spiro atoms. The first kappa shape index (κ1) is 16.4. The van der Waals surface area contributed by atoms with Crippen LogP contribution in [0.4, 0.5) is 0 Å². The van der Waals surface area contributed by atoms with Crippen molar-refractivity contribution in [2.45, 2.75) is 51.5 Å². The van der Waals surface area contributed by atoms with E-state index in [4.69, 9.17) is 9.26 Å². The van der Waals surface area contributed by atoms with E-state index in [1.807, 2.05) is 13.0 Å². The summed E-state index contributed by atoms with van der Waals surface area (Å²) in [5.74, 6) is 3.31. The van der Waals surface area contributed by atoms with Crippen LogP contribution in [0.1, 0.15) is 55.4 Å². The van der Waals surface area contributed by atoms with E-state index in [1.54, 1.807) is 6.33 Å². The molecule has 2 aromatic heterocycles. The van der Waals surface area contributed by atoms with Crippen molar-refractivity contribution in [1.29, 1.82) is 0 Å². The second-order valence-electron chi connectivity index (χ2n) is 7.17. The van der Waals surface area contributed by atoms with Crippen LogP contribution in [0.3, 0.4) is 0 Å². The molecule has 134 valence electrons. The van der Waals surface area contributed by atoms with Crippen LogP contribution in [0.25, 0.3) is 0 Å². The second-order valence-corrected chi connectivity index (χ2v) is 7.17. The predicted octanol–water partition coefficient (Wildman–Crippen LogP) is 2.73. The quantitative estimate of drug-likeness (QED) is 0.798. The second kappa shape index (κ2) is 7.47. The lowest BCUT2D eigenvalue weighted by Gasteiger charge is -2.30. The number of aryl methyl sites for hydroxylation is 1. The van der Waals surface area contributed by atoms with Crippen LogP contribution in [0.5, 0.6) is 5.88 Å². The summed E-state index contributed by atoms with van der Waals surface area (Å²) in [6.07, 6.45) is 7.68. The molecule has 2 fully saturated rings. The van der Waals surface area contributed by atoms with Gasteiger partial charge in [0.25, 0.3) is 0 Å². The number of likely N-dealkylation sites (tertiary alicyclic amines) is 1. The number of nitrogens with zero attached hydrogens (tertiary/aromatic N) is 5. The molecular weight excluding hydrogens is 318 g/mol. The molecule has 0 amide bonds. The highest BCUT2D eigenvalue weighted by molar-refractivity contribution is 5.18. The zero-order valence-electron chi connectivity index (χ0n) is 14.7. The first-order valence-electron chi connectivity index (χ1n) is 9.22. The SMILES string of the molecule is Cc1noc(CN2CCC(COc3cc(C4CCC4)ncn3)CC2)n1. The third-order valence-electron chi connectivity index (χ3n) is 5.29. The standard InChI is InChI=1S/C18H25N5O2/c1-13-21-18(25-22-13)10-23-7-5-14(6-8-23)11-24-17-9-16(19-12-20-17)15-3-2-4-15/h9,12,14-15H,2-8,10-11H2,1H3. The van der Waals surface area contributed by atoms with Crippen LogP contribution in [0.2, 0.25) is 0 Å². The highest BCUT2D eigenvalue weighted by atomic mass is 16.5. The van der Waals surface area contributed by atoms with E-state index in [1.165, 1.54) is 19.3 Å². The van der Waals surface area contributed by atoms with Crippen LogP contribution in [0.15, 0.2) is 16.9 Å². The van der Waals surface area contributed by atoms with Gasteiger partial charge in [0.2, 0.25) is 11.8 Å². The van der Waals surface area contributed by atoms with Gasteiger partial charge in [-0.2, -0.15) is 4.98 Å². The highest BCUT2D eigenvalue weighted by Gasteiger charge is 2.23.